The highest BCUT2D eigenvalue weighted by atomic mass is 35.5. The Bertz CT molecular complexity index is 610. The molecule has 0 fully saturated rings. The highest BCUT2D eigenvalue weighted by Gasteiger charge is 2.08. The van der Waals surface area contributed by atoms with Crippen LogP contribution >= 0.6 is 22.9 Å². The van der Waals surface area contributed by atoms with E-state index in [1.54, 1.807) is 6.07 Å². The van der Waals surface area contributed by atoms with E-state index in [0.717, 1.165) is 10.4 Å². The van der Waals surface area contributed by atoms with Gasteiger partial charge < -0.3 is 10.5 Å². The topological polar surface area (TPSA) is 35.2 Å². The first-order chi connectivity index (χ1) is 9.20. The van der Waals surface area contributed by atoms with Crippen LogP contribution in [0.1, 0.15) is 10.4 Å². The number of benzene rings is 1. The molecule has 0 unspecified atom stereocenters. The summed E-state index contributed by atoms with van der Waals surface area (Å²) in [7, 11) is 0. The van der Waals surface area contributed by atoms with Crippen LogP contribution < -0.4 is 10.5 Å². The van der Waals surface area contributed by atoms with Crippen LogP contribution in [0.4, 0.5) is 4.39 Å². The highest BCUT2D eigenvalue weighted by molar-refractivity contribution is 7.10. The predicted octanol–water partition coefficient (Wildman–Crippen LogP) is 3.43. The molecular formula is C14H11ClFNOS. The standard InChI is InChI=1S/C14H11ClFNOS/c15-12-4-1-5-13(16)14(12)18-8-11-7-10(9-19-11)3-2-6-17/h1,4-5,7,9H,6,8,17H2. The molecule has 19 heavy (non-hydrogen) atoms. The fraction of sp³-hybridized carbons (Fsp3) is 0.143. The summed E-state index contributed by atoms with van der Waals surface area (Å²) in [5, 5.41) is 2.17. The first kappa shape index (κ1) is 13.9. The molecule has 2 N–H and O–H groups in total. The van der Waals surface area contributed by atoms with Gasteiger partial charge in [0.2, 0.25) is 0 Å². The van der Waals surface area contributed by atoms with Gasteiger partial charge >= 0.3 is 0 Å². The van der Waals surface area contributed by atoms with Crippen molar-refractivity contribution < 1.29 is 9.13 Å². The van der Waals surface area contributed by atoms with Crippen molar-refractivity contribution in [1.82, 2.24) is 0 Å². The maximum Gasteiger partial charge on any atom is 0.174 e. The summed E-state index contributed by atoms with van der Waals surface area (Å²) in [6.45, 7) is 0.585. The van der Waals surface area contributed by atoms with E-state index in [1.165, 1.54) is 23.5 Å². The number of para-hydroxylation sites is 1. The second-order valence-corrected chi connectivity index (χ2v) is 5.05. The SMILES string of the molecule is NCC#Cc1csc(COc2c(F)cccc2Cl)c1. The van der Waals surface area contributed by atoms with Crippen molar-refractivity contribution in [2.24, 2.45) is 5.73 Å². The van der Waals surface area contributed by atoms with Crippen LogP contribution in [0.3, 0.4) is 0 Å². The number of halogens is 2. The zero-order chi connectivity index (χ0) is 13.7. The van der Waals surface area contributed by atoms with E-state index in [1.807, 2.05) is 11.4 Å². The third-order valence-corrected chi connectivity index (χ3v) is 3.47. The van der Waals surface area contributed by atoms with Crippen LogP contribution in [0.2, 0.25) is 5.02 Å². The average Bonchev–Trinajstić information content (AvgIpc) is 2.84. The number of thiophene rings is 1. The van der Waals surface area contributed by atoms with Crippen molar-refractivity contribution in [2.75, 3.05) is 6.54 Å². The number of ether oxygens (including phenoxy) is 1. The van der Waals surface area contributed by atoms with Gasteiger partial charge in [0.1, 0.15) is 6.61 Å². The monoisotopic (exact) mass is 295 g/mol. The lowest BCUT2D eigenvalue weighted by Crippen LogP contribution is -1.96. The normalized spacial score (nSPS) is 9.84. The van der Waals surface area contributed by atoms with E-state index >= 15 is 0 Å². The smallest absolute Gasteiger partial charge is 0.174 e. The second-order valence-electron chi connectivity index (χ2n) is 3.65. The van der Waals surface area contributed by atoms with Crippen LogP contribution in [0.15, 0.2) is 29.6 Å². The van der Waals surface area contributed by atoms with Crippen LogP contribution in [0.25, 0.3) is 0 Å². The summed E-state index contributed by atoms with van der Waals surface area (Å²) in [6.07, 6.45) is 0. The fourth-order valence-electron chi connectivity index (χ4n) is 1.44. The lowest BCUT2D eigenvalue weighted by atomic mass is 10.3. The first-order valence-electron chi connectivity index (χ1n) is 5.54. The van der Waals surface area contributed by atoms with Crippen molar-refractivity contribution in [1.29, 1.82) is 0 Å². The maximum atomic E-state index is 13.5. The molecular weight excluding hydrogens is 285 g/mol. The molecule has 2 rings (SSSR count). The first-order valence-corrected chi connectivity index (χ1v) is 6.79. The van der Waals surface area contributed by atoms with E-state index in [2.05, 4.69) is 11.8 Å². The molecule has 0 atom stereocenters. The molecule has 0 aliphatic carbocycles. The molecule has 1 aromatic heterocycles. The minimum atomic E-state index is -0.466. The van der Waals surface area contributed by atoms with Crippen molar-refractivity contribution in [3.05, 3.63) is 50.9 Å². The Kier molecular flexibility index (Phi) is 4.80. The van der Waals surface area contributed by atoms with Gasteiger partial charge in [0, 0.05) is 15.8 Å². The Morgan fingerprint density at radius 2 is 2.26 bits per heavy atom. The molecule has 1 heterocycles. The molecule has 0 aliphatic heterocycles. The molecule has 2 nitrogen and oxygen atoms in total. The lowest BCUT2D eigenvalue weighted by molar-refractivity contribution is 0.294. The molecule has 0 saturated heterocycles. The highest BCUT2D eigenvalue weighted by Crippen LogP contribution is 2.28. The molecule has 1 aromatic carbocycles. The molecule has 98 valence electrons. The maximum absolute atomic E-state index is 13.5. The number of rotatable bonds is 3. The van der Waals surface area contributed by atoms with Gasteiger partial charge in [-0.2, -0.15) is 0 Å². The van der Waals surface area contributed by atoms with Crippen molar-refractivity contribution >= 4 is 22.9 Å². The Balaban J connectivity index is 2.04. The molecule has 0 amide bonds. The van der Waals surface area contributed by atoms with Gasteiger partial charge in [0.15, 0.2) is 11.6 Å². The summed E-state index contributed by atoms with van der Waals surface area (Å²) in [5.74, 6) is 5.31. The predicted molar refractivity (Wildman–Crippen MR) is 76.0 cm³/mol. The molecule has 5 heteroatoms. The van der Waals surface area contributed by atoms with Crippen LogP contribution in [0, 0.1) is 17.7 Å². The number of nitrogens with two attached hydrogens (primary N) is 1. The van der Waals surface area contributed by atoms with E-state index < -0.39 is 5.82 Å². The molecule has 2 aromatic rings. The van der Waals surface area contributed by atoms with Gasteiger partial charge in [-0.1, -0.05) is 29.5 Å². The van der Waals surface area contributed by atoms with Gasteiger partial charge in [0.05, 0.1) is 11.6 Å². The fourth-order valence-corrected chi connectivity index (χ4v) is 2.38. The third kappa shape index (κ3) is 3.71. The number of hydrogen-bond acceptors (Lipinski definition) is 3. The summed E-state index contributed by atoms with van der Waals surface area (Å²) < 4.78 is 18.9. The van der Waals surface area contributed by atoms with Gasteiger partial charge in [-0.3, -0.25) is 0 Å². The second kappa shape index (κ2) is 6.58. The summed E-state index contributed by atoms with van der Waals surface area (Å²) >= 11 is 7.37. The Morgan fingerprint density at radius 3 is 3.00 bits per heavy atom. The zero-order valence-electron chi connectivity index (χ0n) is 9.95. The summed E-state index contributed by atoms with van der Waals surface area (Å²) in [6, 6.07) is 6.33. The van der Waals surface area contributed by atoms with E-state index in [4.69, 9.17) is 22.1 Å². The van der Waals surface area contributed by atoms with Crippen molar-refractivity contribution in [2.45, 2.75) is 6.61 Å². The van der Waals surface area contributed by atoms with Gasteiger partial charge in [-0.05, 0) is 18.2 Å². The van der Waals surface area contributed by atoms with E-state index in [9.17, 15) is 4.39 Å². The van der Waals surface area contributed by atoms with Crippen molar-refractivity contribution in [3.63, 3.8) is 0 Å². The third-order valence-electron chi connectivity index (χ3n) is 2.27. The van der Waals surface area contributed by atoms with Crippen LogP contribution in [0.5, 0.6) is 5.75 Å². The molecule has 0 bridgehead atoms. The van der Waals surface area contributed by atoms with Crippen molar-refractivity contribution in [3.8, 4) is 17.6 Å². The molecule has 0 aliphatic rings. The average molecular weight is 296 g/mol. The zero-order valence-corrected chi connectivity index (χ0v) is 11.5. The van der Waals surface area contributed by atoms with Crippen LogP contribution in [-0.2, 0) is 6.61 Å². The number of hydrogen-bond donors (Lipinski definition) is 1. The minimum absolute atomic E-state index is 0.0761. The molecule has 0 saturated carbocycles. The van der Waals surface area contributed by atoms with E-state index in [-0.39, 0.29) is 17.4 Å². The van der Waals surface area contributed by atoms with Crippen LogP contribution in [-0.4, -0.2) is 6.54 Å². The molecule has 0 spiro atoms. The lowest BCUT2D eigenvalue weighted by Gasteiger charge is -2.07. The quantitative estimate of drug-likeness (QED) is 0.881. The van der Waals surface area contributed by atoms with E-state index in [0.29, 0.717) is 6.54 Å². The Morgan fingerprint density at radius 1 is 1.42 bits per heavy atom. The van der Waals surface area contributed by atoms with Gasteiger partial charge in [-0.25, -0.2) is 4.39 Å². The van der Waals surface area contributed by atoms with Gasteiger partial charge in [-0.15, -0.1) is 11.3 Å². The summed E-state index contributed by atoms with van der Waals surface area (Å²) in [5.41, 5.74) is 6.18. The molecule has 0 radical (unpaired) electrons. The van der Waals surface area contributed by atoms with Gasteiger partial charge in [0.25, 0.3) is 0 Å². The largest absolute Gasteiger partial charge is 0.483 e. The minimum Gasteiger partial charge on any atom is -0.483 e. The Hall–Kier alpha value is -1.54. The Labute approximate surface area is 120 Å². The summed E-state index contributed by atoms with van der Waals surface area (Å²) in [4.78, 5) is 0.945.